The zero-order valence-corrected chi connectivity index (χ0v) is 9.58. The highest BCUT2D eigenvalue weighted by Crippen LogP contribution is 1.96. The van der Waals surface area contributed by atoms with Gasteiger partial charge >= 0.3 is 21.2 Å². The number of alkyl halides is 1. The van der Waals surface area contributed by atoms with E-state index < -0.39 is 0 Å². The molecule has 66 valence electrons. The fourth-order valence-corrected chi connectivity index (χ4v) is 3.39. The Balaban J connectivity index is 2.72. The lowest BCUT2D eigenvalue weighted by atomic mass is 10.2. The molecule has 1 N–H and O–H groups in total. The van der Waals surface area contributed by atoms with Crippen molar-refractivity contribution in [3.05, 3.63) is 33.4 Å². The van der Waals surface area contributed by atoms with Crippen molar-refractivity contribution in [2.75, 3.05) is 0 Å². The van der Waals surface area contributed by atoms with Crippen LogP contribution < -0.4 is 21.2 Å². The van der Waals surface area contributed by atoms with Crippen LogP contribution in [0, 0.1) is 3.57 Å². The monoisotopic (exact) mass is 277 g/mol. The second-order valence-electron chi connectivity index (χ2n) is 2.91. The van der Waals surface area contributed by atoms with E-state index in [1.807, 2.05) is 12.1 Å². The van der Waals surface area contributed by atoms with Crippen LogP contribution in [0.4, 0.5) is 0 Å². The van der Waals surface area contributed by atoms with Crippen LogP contribution >= 0.6 is 0 Å². The van der Waals surface area contributed by atoms with Gasteiger partial charge in [-0.2, -0.15) is 0 Å². The summed E-state index contributed by atoms with van der Waals surface area (Å²) in [6.45, 7) is 4.66. The fourth-order valence-electron chi connectivity index (χ4n) is 0.955. The summed E-state index contributed by atoms with van der Waals surface area (Å²) in [5.41, 5.74) is 1.04. The predicted octanol–water partition coefficient (Wildman–Crippen LogP) is -1.15. The summed E-state index contributed by atoms with van der Waals surface area (Å²) in [7, 11) is 0. The van der Waals surface area contributed by atoms with Gasteiger partial charge in [0.1, 0.15) is 0 Å². The van der Waals surface area contributed by atoms with Gasteiger partial charge in [0.05, 0.1) is 6.61 Å². The molecule has 0 atom stereocenters. The third-order valence-electron chi connectivity index (χ3n) is 1.42. The highest BCUT2D eigenvalue weighted by atomic mass is 127. The largest absolute Gasteiger partial charge is 0.392 e. The summed E-state index contributed by atoms with van der Waals surface area (Å²) >= 11 is 0.133. The molecule has 1 rings (SSSR count). The molecule has 1 nitrogen and oxygen atoms in total. The second-order valence-corrected chi connectivity index (χ2v) is 7.27. The van der Waals surface area contributed by atoms with Crippen molar-refractivity contribution in [1.82, 2.24) is 0 Å². The maximum Gasteiger partial charge on any atom is 0.316 e. The van der Waals surface area contributed by atoms with Crippen molar-refractivity contribution in [2.24, 2.45) is 0 Å². The molecule has 12 heavy (non-hydrogen) atoms. The summed E-state index contributed by atoms with van der Waals surface area (Å²) in [4.78, 5) is 0. The molecule has 1 aromatic rings. The van der Waals surface area contributed by atoms with Crippen molar-refractivity contribution in [2.45, 2.75) is 24.4 Å². The maximum absolute atomic E-state index is 8.91. The van der Waals surface area contributed by atoms with Crippen molar-refractivity contribution in [1.29, 1.82) is 0 Å². The molecule has 2 heteroatoms. The van der Waals surface area contributed by atoms with Gasteiger partial charge in [-0.15, -0.1) is 0 Å². The van der Waals surface area contributed by atoms with Crippen LogP contribution in [-0.4, -0.2) is 9.03 Å². The van der Waals surface area contributed by atoms with Gasteiger partial charge in [-0.25, -0.2) is 0 Å². The number of rotatable bonds is 3. The number of aliphatic hydroxyl groups excluding tert-OH is 1. The molecule has 0 fully saturated rings. The van der Waals surface area contributed by atoms with E-state index in [1.54, 1.807) is 0 Å². The molecule has 0 bridgehead atoms. The minimum Gasteiger partial charge on any atom is -0.392 e. The molecule has 1 aromatic carbocycles. The van der Waals surface area contributed by atoms with E-state index in [-0.39, 0.29) is 27.8 Å². The Hall–Kier alpha value is -0.0900. The Labute approximate surface area is 84.1 Å². The van der Waals surface area contributed by atoms with Crippen LogP contribution in [0.1, 0.15) is 19.4 Å². The molecule has 0 spiro atoms. The molecule has 0 aliphatic heterocycles. The Morgan fingerprint density at radius 2 is 2.17 bits per heavy atom. The van der Waals surface area contributed by atoms with Gasteiger partial charge in [-0.05, 0) is 31.5 Å². The summed E-state index contributed by atoms with van der Waals surface area (Å²) in [6.07, 6.45) is 0. The SMILES string of the molecule is CC(C)[I+]c1cccc(CO)c1. The first-order valence-corrected chi connectivity index (χ1v) is 6.38. The molecular formula is C10H14IO+. The Morgan fingerprint density at radius 3 is 2.75 bits per heavy atom. The molecule has 0 aliphatic carbocycles. The second kappa shape index (κ2) is 4.82. The predicted molar refractivity (Wildman–Crippen MR) is 46.2 cm³/mol. The molecule has 0 heterocycles. The Morgan fingerprint density at radius 1 is 1.42 bits per heavy atom. The highest BCUT2D eigenvalue weighted by molar-refractivity contribution is 5.12. The van der Waals surface area contributed by atoms with Crippen LogP contribution in [0.3, 0.4) is 0 Å². The summed E-state index contributed by atoms with van der Waals surface area (Å²) < 4.78 is 2.22. The molecule has 0 aromatic heterocycles. The van der Waals surface area contributed by atoms with E-state index in [9.17, 15) is 0 Å². The summed E-state index contributed by atoms with van der Waals surface area (Å²) in [5, 5.41) is 8.91. The quantitative estimate of drug-likeness (QED) is 0.546. The molecule has 0 saturated carbocycles. The molecule has 0 saturated heterocycles. The van der Waals surface area contributed by atoms with Gasteiger partial charge in [-0.1, -0.05) is 12.1 Å². The maximum atomic E-state index is 8.91. The van der Waals surface area contributed by atoms with Crippen LogP contribution in [-0.2, 0) is 6.61 Å². The lowest BCUT2D eigenvalue weighted by Gasteiger charge is -1.93. The number of halogens is 1. The standard InChI is InChI=1S/C10H14IO/c1-8(2)11-10-5-3-4-9(6-10)7-12/h3-6,8,12H,7H2,1-2H3/q+1. The third-order valence-corrected chi connectivity index (χ3v) is 4.05. The number of hydrogen-bond donors (Lipinski definition) is 1. The third kappa shape index (κ3) is 3.11. The Bertz CT molecular complexity index is 245. The lowest BCUT2D eigenvalue weighted by Crippen LogP contribution is -3.64. The molecule has 0 amide bonds. The van der Waals surface area contributed by atoms with E-state index in [2.05, 4.69) is 26.0 Å². The number of benzene rings is 1. The number of aliphatic hydroxyl groups is 1. The van der Waals surface area contributed by atoms with Crippen molar-refractivity contribution in [3.63, 3.8) is 0 Å². The zero-order chi connectivity index (χ0) is 8.97. The van der Waals surface area contributed by atoms with Crippen molar-refractivity contribution >= 4 is 0 Å². The fraction of sp³-hybridized carbons (Fsp3) is 0.400. The summed E-state index contributed by atoms with van der Waals surface area (Å²) in [6, 6.07) is 8.27. The van der Waals surface area contributed by atoms with Crippen LogP contribution in [0.5, 0.6) is 0 Å². The van der Waals surface area contributed by atoms with E-state index >= 15 is 0 Å². The normalized spacial score (nSPS) is 10.7. The van der Waals surface area contributed by atoms with Gasteiger partial charge in [0.25, 0.3) is 0 Å². The number of hydrogen-bond acceptors (Lipinski definition) is 1. The Kier molecular flexibility index (Phi) is 4.01. The van der Waals surface area contributed by atoms with E-state index in [4.69, 9.17) is 5.11 Å². The van der Waals surface area contributed by atoms with Crippen LogP contribution in [0.25, 0.3) is 0 Å². The van der Waals surface area contributed by atoms with Gasteiger partial charge in [0.2, 0.25) is 0 Å². The van der Waals surface area contributed by atoms with Crippen molar-refractivity contribution < 1.29 is 26.3 Å². The van der Waals surface area contributed by atoms with E-state index in [0.717, 1.165) is 9.49 Å². The first-order chi connectivity index (χ1) is 5.72. The highest BCUT2D eigenvalue weighted by Gasteiger charge is 2.15. The van der Waals surface area contributed by atoms with Gasteiger partial charge in [-0.3, -0.25) is 0 Å². The molecular weight excluding hydrogens is 263 g/mol. The van der Waals surface area contributed by atoms with Gasteiger partial charge in [0, 0.05) is 0 Å². The van der Waals surface area contributed by atoms with Gasteiger partial charge < -0.3 is 5.11 Å². The minimum atomic E-state index is 0.133. The average Bonchev–Trinajstić information content (AvgIpc) is 2.03. The van der Waals surface area contributed by atoms with E-state index in [0.29, 0.717) is 0 Å². The minimum absolute atomic E-state index is 0.133. The lowest BCUT2D eigenvalue weighted by molar-refractivity contribution is -0.656. The van der Waals surface area contributed by atoms with Crippen molar-refractivity contribution in [3.8, 4) is 0 Å². The first kappa shape index (κ1) is 9.99. The average molecular weight is 277 g/mol. The molecule has 0 radical (unpaired) electrons. The smallest absolute Gasteiger partial charge is 0.316 e. The summed E-state index contributed by atoms with van der Waals surface area (Å²) in [5.74, 6) is 0. The van der Waals surface area contributed by atoms with Crippen LogP contribution in [0.15, 0.2) is 24.3 Å². The van der Waals surface area contributed by atoms with Gasteiger partial charge in [0.15, 0.2) is 7.49 Å². The van der Waals surface area contributed by atoms with Crippen LogP contribution in [0.2, 0.25) is 0 Å². The first-order valence-electron chi connectivity index (χ1n) is 4.05. The topological polar surface area (TPSA) is 20.2 Å². The zero-order valence-electron chi connectivity index (χ0n) is 7.42. The van der Waals surface area contributed by atoms with E-state index in [1.165, 1.54) is 3.57 Å². The molecule has 0 aliphatic rings. The molecule has 0 unspecified atom stereocenters.